The van der Waals surface area contributed by atoms with Gasteiger partial charge in [0.25, 0.3) is 0 Å². The van der Waals surface area contributed by atoms with Crippen LogP contribution in [0.4, 0.5) is 0 Å². The number of carbonyl (C=O) groups excluding carboxylic acids is 3. The molecule has 0 fully saturated rings. The van der Waals surface area contributed by atoms with Gasteiger partial charge in [0.15, 0.2) is 6.10 Å². The molecule has 0 saturated carbocycles. The van der Waals surface area contributed by atoms with Crippen molar-refractivity contribution >= 4 is 17.9 Å². The molecule has 0 aromatic heterocycles. The van der Waals surface area contributed by atoms with Gasteiger partial charge in [-0.05, 0) is 116 Å². The van der Waals surface area contributed by atoms with E-state index < -0.39 is 12.1 Å². The van der Waals surface area contributed by atoms with Crippen molar-refractivity contribution in [3.8, 4) is 0 Å². The average Bonchev–Trinajstić information content (AvgIpc) is 3.41. The van der Waals surface area contributed by atoms with Crippen LogP contribution in [0, 0.1) is 0 Å². The molecule has 0 aliphatic heterocycles. The maximum atomic E-state index is 12.9. The molecule has 0 heterocycles. The number of hydrogen-bond donors (Lipinski definition) is 0. The standard InChI is InChI=1S/C69H114O6/c1-4-7-10-13-16-19-22-25-28-30-32-33-34-35-37-38-41-44-47-50-53-56-59-62-68(71)74-65-66(64-73-67(70)61-58-55-52-49-46-43-40-27-24-21-18-15-12-9-6-3)75-69(72)63-60-57-54-51-48-45-42-39-36-31-29-26-23-20-17-14-11-8-5-2/h9,12,17-18,20-22,25-27,29-30,32,34-35,40,46,49,55,58,66H,4-8,10-11,13-16,19,23-24,28,31,33,36-39,41-45,47-48,50-54,56-57,59-65H2,1-3H3/b12-9-,20-17-,21-18-,25-22-,29-26-,32-30-,35-34-,40-27-,49-46-,58-55-. The van der Waals surface area contributed by atoms with Gasteiger partial charge in [0, 0.05) is 12.8 Å². The van der Waals surface area contributed by atoms with Gasteiger partial charge in [0.05, 0.1) is 6.42 Å². The van der Waals surface area contributed by atoms with Gasteiger partial charge in [0.2, 0.25) is 0 Å². The molecule has 0 amide bonds. The smallest absolute Gasteiger partial charge is 0.309 e. The fraction of sp³-hybridized carbons (Fsp3) is 0.667. The van der Waals surface area contributed by atoms with Gasteiger partial charge in [-0.15, -0.1) is 0 Å². The third-order valence-corrected chi connectivity index (χ3v) is 13.0. The van der Waals surface area contributed by atoms with Crippen LogP contribution in [0.2, 0.25) is 0 Å². The van der Waals surface area contributed by atoms with E-state index in [0.717, 1.165) is 96.3 Å². The Bertz CT molecular complexity index is 1570. The quantitative estimate of drug-likeness (QED) is 0.0261. The van der Waals surface area contributed by atoms with Crippen molar-refractivity contribution in [1.82, 2.24) is 0 Å². The molecule has 75 heavy (non-hydrogen) atoms. The minimum absolute atomic E-state index is 0.116. The first-order valence-electron chi connectivity index (χ1n) is 31.0. The number of unbranched alkanes of at least 4 members (excludes halogenated alkanes) is 25. The largest absolute Gasteiger partial charge is 0.462 e. The monoisotopic (exact) mass is 1040 g/mol. The van der Waals surface area contributed by atoms with Crippen molar-refractivity contribution in [3.63, 3.8) is 0 Å². The zero-order chi connectivity index (χ0) is 54.3. The Labute approximate surface area is 462 Å². The molecule has 426 valence electrons. The molecule has 1 atom stereocenters. The van der Waals surface area contributed by atoms with Gasteiger partial charge >= 0.3 is 17.9 Å². The first kappa shape index (κ1) is 70.8. The second kappa shape index (κ2) is 62.4. The summed E-state index contributed by atoms with van der Waals surface area (Å²) in [5.74, 6) is -1.06. The SMILES string of the molecule is CC/C=C\C/C=C\C/C=C\C/C=C\C/C=C\CC(=O)OCC(COC(=O)CCCCCCCCCC/C=C\C/C=C\C/C=C\CCCCCCC)OC(=O)CCCCCCCCCCC/C=C\C/C=C\CCCCC. The second-order valence-corrected chi connectivity index (χ2v) is 20.2. The number of ether oxygens (including phenoxy) is 3. The molecular formula is C69H114O6. The Kier molecular flexibility index (Phi) is 58.9. The molecule has 1 unspecified atom stereocenters. The van der Waals surface area contributed by atoms with Gasteiger partial charge in [-0.2, -0.15) is 0 Å². The minimum Gasteiger partial charge on any atom is -0.462 e. The van der Waals surface area contributed by atoms with E-state index in [4.69, 9.17) is 14.2 Å². The summed E-state index contributed by atoms with van der Waals surface area (Å²) >= 11 is 0. The molecule has 0 N–H and O–H groups in total. The van der Waals surface area contributed by atoms with Gasteiger partial charge in [0.1, 0.15) is 13.2 Å². The van der Waals surface area contributed by atoms with E-state index in [9.17, 15) is 14.4 Å². The molecule has 0 saturated heterocycles. The van der Waals surface area contributed by atoms with E-state index in [1.54, 1.807) is 6.08 Å². The van der Waals surface area contributed by atoms with E-state index >= 15 is 0 Å². The second-order valence-electron chi connectivity index (χ2n) is 20.2. The van der Waals surface area contributed by atoms with Crippen molar-refractivity contribution in [2.24, 2.45) is 0 Å². The fourth-order valence-electron chi connectivity index (χ4n) is 8.32. The molecule has 0 bridgehead atoms. The Morgan fingerprint density at radius 3 is 0.960 bits per heavy atom. The number of hydrogen-bond acceptors (Lipinski definition) is 6. The third kappa shape index (κ3) is 60.6. The van der Waals surface area contributed by atoms with Crippen molar-refractivity contribution in [1.29, 1.82) is 0 Å². The highest BCUT2D eigenvalue weighted by molar-refractivity contribution is 5.72. The Balaban J connectivity index is 4.47. The molecule has 0 spiro atoms. The predicted molar refractivity (Wildman–Crippen MR) is 325 cm³/mol. The summed E-state index contributed by atoms with van der Waals surface area (Å²) in [6, 6.07) is 0. The summed E-state index contributed by atoms with van der Waals surface area (Å²) in [6.07, 6.45) is 86.5. The predicted octanol–water partition coefficient (Wildman–Crippen LogP) is 21.2. The van der Waals surface area contributed by atoms with E-state index in [1.165, 1.54) is 141 Å². The lowest BCUT2D eigenvalue weighted by atomic mass is 10.1. The van der Waals surface area contributed by atoms with Gasteiger partial charge in [-0.25, -0.2) is 0 Å². The molecule has 0 aliphatic carbocycles. The number of carbonyl (C=O) groups is 3. The summed E-state index contributed by atoms with van der Waals surface area (Å²) in [4.78, 5) is 38.2. The Morgan fingerprint density at radius 1 is 0.293 bits per heavy atom. The molecule has 6 nitrogen and oxygen atoms in total. The van der Waals surface area contributed by atoms with Crippen LogP contribution in [0.25, 0.3) is 0 Å². The molecule has 0 aromatic rings. The molecule has 0 radical (unpaired) electrons. The summed E-state index contributed by atoms with van der Waals surface area (Å²) in [6.45, 7) is 6.40. The van der Waals surface area contributed by atoms with Crippen LogP contribution in [0.15, 0.2) is 122 Å². The first-order chi connectivity index (χ1) is 37.0. The van der Waals surface area contributed by atoms with Crippen LogP contribution >= 0.6 is 0 Å². The molecule has 0 rings (SSSR count). The van der Waals surface area contributed by atoms with Crippen LogP contribution in [0.5, 0.6) is 0 Å². The van der Waals surface area contributed by atoms with Crippen LogP contribution in [-0.2, 0) is 28.6 Å². The van der Waals surface area contributed by atoms with Crippen molar-refractivity contribution in [3.05, 3.63) is 122 Å². The summed E-state index contributed by atoms with van der Waals surface area (Å²) in [5, 5.41) is 0. The van der Waals surface area contributed by atoms with Gasteiger partial charge in [-0.1, -0.05) is 264 Å². The summed E-state index contributed by atoms with van der Waals surface area (Å²) in [5.41, 5.74) is 0. The first-order valence-corrected chi connectivity index (χ1v) is 31.0. The molecule has 0 aliphatic rings. The van der Waals surface area contributed by atoms with Crippen LogP contribution < -0.4 is 0 Å². The molecule has 6 heteroatoms. The van der Waals surface area contributed by atoms with Crippen LogP contribution in [-0.4, -0.2) is 37.2 Å². The lowest BCUT2D eigenvalue weighted by Crippen LogP contribution is -2.30. The topological polar surface area (TPSA) is 78.9 Å². The molecular weight excluding hydrogens is 925 g/mol. The maximum Gasteiger partial charge on any atom is 0.309 e. The van der Waals surface area contributed by atoms with Crippen LogP contribution in [0.3, 0.4) is 0 Å². The Hall–Kier alpha value is -4.19. The number of allylic oxidation sites excluding steroid dienone is 19. The zero-order valence-corrected chi connectivity index (χ0v) is 48.8. The average molecular weight is 1040 g/mol. The lowest BCUT2D eigenvalue weighted by Gasteiger charge is -2.18. The minimum atomic E-state index is -0.828. The Morgan fingerprint density at radius 2 is 0.573 bits per heavy atom. The normalized spacial score (nSPS) is 12.9. The van der Waals surface area contributed by atoms with Crippen molar-refractivity contribution in [2.75, 3.05) is 13.2 Å². The highest BCUT2D eigenvalue weighted by atomic mass is 16.6. The van der Waals surface area contributed by atoms with E-state index in [-0.39, 0.29) is 31.6 Å². The van der Waals surface area contributed by atoms with Gasteiger partial charge in [-0.3, -0.25) is 14.4 Å². The highest BCUT2D eigenvalue weighted by Gasteiger charge is 2.19. The fourth-order valence-corrected chi connectivity index (χ4v) is 8.32. The number of rotatable bonds is 55. The van der Waals surface area contributed by atoms with Gasteiger partial charge < -0.3 is 14.2 Å². The number of esters is 3. The maximum absolute atomic E-state index is 12.9. The molecule has 0 aromatic carbocycles. The third-order valence-electron chi connectivity index (χ3n) is 13.0. The van der Waals surface area contributed by atoms with Crippen LogP contribution in [0.1, 0.15) is 278 Å². The van der Waals surface area contributed by atoms with E-state index in [2.05, 4.69) is 130 Å². The van der Waals surface area contributed by atoms with E-state index in [0.29, 0.717) is 12.8 Å². The van der Waals surface area contributed by atoms with E-state index in [1.807, 2.05) is 6.08 Å². The van der Waals surface area contributed by atoms with Crippen molar-refractivity contribution < 1.29 is 28.6 Å². The zero-order valence-electron chi connectivity index (χ0n) is 48.8. The van der Waals surface area contributed by atoms with Crippen molar-refractivity contribution in [2.45, 2.75) is 284 Å². The summed E-state index contributed by atoms with van der Waals surface area (Å²) in [7, 11) is 0. The highest BCUT2D eigenvalue weighted by Crippen LogP contribution is 2.15. The lowest BCUT2D eigenvalue weighted by molar-refractivity contribution is -0.166. The summed E-state index contributed by atoms with van der Waals surface area (Å²) < 4.78 is 16.8.